The quantitative estimate of drug-likeness (QED) is 0.670. The largest absolute Gasteiger partial charge is 0.270 e. The molecule has 0 N–H and O–H groups in total. The first-order valence-electron chi connectivity index (χ1n) is 10.2. The summed E-state index contributed by atoms with van der Waals surface area (Å²) in [6.07, 6.45) is 1.46. The Balaban J connectivity index is 2.03. The van der Waals surface area contributed by atoms with Crippen LogP contribution < -0.4 is 4.31 Å². The number of benzene rings is 2. The van der Waals surface area contributed by atoms with Crippen molar-refractivity contribution >= 4 is 25.7 Å². The van der Waals surface area contributed by atoms with E-state index in [1.54, 1.807) is 26.0 Å². The molecule has 2 aromatic carbocycles. The molecule has 0 spiro atoms. The van der Waals surface area contributed by atoms with Gasteiger partial charge in [-0.25, -0.2) is 16.8 Å². The Bertz CT molecular complexity index is 1090. The molecule has 8 heteroatoms. The molecule has 6 nitrogen and oxygen atoms in total. The number of sulfonamides is 2. The lowest BCUT2D eigenvalue weighted by molar-refractivity contribution is 0.347. The van der Waals surface area contributed by atoms with Gasteiger partial charge in [0.2, 0.25) is 20.0 Å². The molecule has 0 aliphatic carbocycles. The first kappa shape index (κ1) is 22.8. The molecule has 0 aromatic heterocycles. The zero-order valence-electron chi connectivity index (χ0n) is 18.0. The normalized spacial score (nSPS) is 16.9. The maximum absolute atomic E-state index is 13.6. The fraction of sp³-hybridized carbons (Fsp3) is 0.455. The van der Waals surface area contributed by atoms with Crippen molar-refractivity contribution in [2.45, 2.75) is 58.0 Å². The van der Waals surface area contributed by atoms with Crippen LogP contribution in [0, 0.1) is 13.8 Å². The first-order valence-corrected chi connectivity index (χ1v) is 13.3. The van der Waals surface area contributed by atoms with E-state index in [-0.39, 0.29) is 23.2 Å². The second-order valence-electron chi connectivity index (χ2n) is 8.13. The third-order valence-corrected chi connectivity index (χ3v) is 9.60. The Kier molecular flexibility index (Phi) is 6.60. The molecule has 0 radical (unpaired) electrons. The van der Waals surface area contributed by atoms with Crippen LogP contribution in [-0.2, 0) is 26.6 Å². The molecule has 0 bridgehead atoms. The molecule has 0 amide bonds. The minimum Gasteiger partial charge on any atom is -0.270 e. The summed E-state index contributed by atoms with van der Waals surface area (Å²) in [6, 6.07) is 12.7. The van der Waals surface area contributed by atoms with Crippen LogP contribution in [0.5, 0.6) is 0 Å². The minimum atomic E-state index is -3.77. The molecule has 2 aromatic rings. The van der Waals surface area contributed by atoms with Gasteiger partial charge in [0.1, 0.15) is 0 Å². The van der Waals surface area contributed by atoms with E-state index in [1.807, 2.05) is 44.2 Å². The summed E-state index contributed by atoms with van der Waals surface area (Å²) in [5.74, 6) is 0.128. The Hall–Kier alpha value is -1.90. The summed E-state index contributed by atoms with van der Waals surface area (Å²) in [7, 11) is -7.13. The monoisotopic (exact) mass is 450 g/mol. The van der Waals surface area contributed by atoms with Gasteiger partial charge in [0, 0.05) is 19.1 Å². The van der Waals surface area contributed by atoms with Crippen molar-refractivity contribution in [1.29, 1.82) is 0 Å². The van der Waals surface area contributed by atoms with Gasteiger partial charge >= 0.3 is 0 Å². The fourth-order valence-corrected chi connectivity index (χ4v) is 7.65. The molecule has 1 aliphatic rings. The van der Waals surface area contributed by atoms with Crippen molar-refractivity contribution in [3.05, 3.63) is 59.2 Å². The highest BCUT2D eigenvalue weighted by atomic mass is 32.2. The van der Waals surface area contributed by atoms with Crippen LogP contribution in [0.1, 0.15) is 43.4 Å². The van der Waals surface area contributed by atoms with Crippen LogP contribution in [0.2, 0.25) is 0 Å². The Morgan fingerprint density at radius 3 is 2.17 bits per heavy atom. The van der Waals surface area contributed by atoms with Crippen LogP contribution in [0.15, 0.2) is 47.4 Å². The van der Waals surface area contributed by atoms with Crippen molar-refractivity contribution in [3.8, 4) is 0 Å². The van der Waals surface area contributed by atoms with Gasteiger partial charge in [-0.3, -0.25) is 4.31 Å². The van der Waals surface area contributed by atoms with E-state index in [9.17, 15) is 16.8 Å². The van der Waals surface area contributed by atoms with E-state index in [2.05, 4.69) is 0 Å². The van der Waals surface area contributed by atoms with Gasteiger partial charge in [0.05, 0.1) is 16.3 Å². The highest BCUT2D eigenvalue weighted by Crippen LogP contribution is 2.32. The number of rotatable bonds is 6. The Labute approximate surface area is 180 Å². The van der Waals surface area contributed by atoms with Crippen LogP contribution in [0.25, 0.3) is 0 Å². The maximum atomic E-state index is 13.6. The number of hydrogen-bond donors (Lipinski definition) is 0. The molecular formula is C22H30N2O4S2. The molecule has 0 unspecified atom stereocenters. The SMILES string of the molecule is Cc1cc(N2CCCCS2(=O)=O)cc(C)c1S(=O)(=O)N(Cc1ccccc1)C(C)C. The molecular weight excluding hydrogens is 420 g/mol. The van der Waals surface area contributed by atoms with Gasteiger partial charge in [-0.1, -0.05) is 30.3 Å². The van der Waals surface area contributed by atoms with Crippen LogP contribution >= 0.6 is 0 Å². The van der Waals surface area contributed by atoms with Crippen molar-refractivity contribution in [3.63, 3.8) is 0 Å². The summed E-state index contributed by atoms with van der Waals surface area (Å²) in [4.78, 5) is 0.255. The summed E-state index contributed by atoms with van der Waals surface area (Å²) in [5, 5.41) is 0. The number of aryl methyl sites for hydroxylation is 2. The Morgan fingerprint density at radius 1 is 1.03 bits per heavy atom. The lowest BCUT2D eigenvalue weighted by atomic mass is 10.1. The van der Waals surface area contributed by atoms with Gasteiger partial charge in [0.25, 0.3) is 0 Å². The maximum Gasteiger partial charge on any atom is 0.244 e. The van der Waals surface area contributed by atoms with Gasteiger partial charge in [-0.15, -0.1) is 0 Å². The molecule has 30 heavy (non-hydrogen) atoms. The predicted molar refractivity (Wildman–Crippen MR) is 121 cm³/mol. The van der Waals surface area contributed by atoms with Crippen molar-refractivity contribution in [2.24, 2.45) is 0 Å². The van der Waals surface area contributed by atoms with Gasteiger partial charge in [-0.2, -0.15) is 4.31 Å². The van der Waals surface area contributed by atoms with E-state index < -0.39 is 20.0 Å². The molecule has 164 valence electrons. The average molecular weight is 451 g/mol. The minimum absolute atomic E-state index is 0.128. The molecule has 1 fully saturated rings. The molecule has 3 rings (SSSR count). The summed E-state index contributed by atoms with van der Waals surface area (Å²) < 4.78 is 55.1. The first-order chi connectivity index (χ1) is 14.0. The lowest BCUT2D eigenvalue weighted by Crippen LogP contribution is -2.38. The summed E-state index contributed by atoms with van der Waals surface area (Å²) in [5.41, 5.74) is 2.58. The lowest BCUT2D eigenvalue weighted by Gasteiger charge is -2.31. The van der Waals surface area contributed by atoms with E-state index in [1.165, 1.54) is 8.61 Å². The predicted octanol–water partition coefficient (Wildman–Crippen LogP) is 3.83. The molecule has 1 aliphatic heterocycles. The van der Waals surface area contributed by atoms with E-state index in [0.29, 0.717) is 29.8 Å². The second-order valence-corrected chi connectivity index (χ2v) is 12.0. The fourth-order valence-electron chi connectivity index (χ4n) is 3.98. The van der Waals surface area contributed by atoms with Crippen LogP contribution in [0.3, 0.4) is 0 Å². The zero-order valence-corrected chi connectivity index (χ0v) is 19.6. The molecule has 0 atom stereocenters. The van der Waals surface area contributed by atoms with Crippen molar-refractivity contribution < 1.29 is 16.8 Å². The highest BCUT2D eigenvalue weighted by molar-refractivity contribution is 7.92. The van der Waals surface area contributed by atoms with Gasteiger partial charge in [0.15, 0.2) is 0 Å². The van der Waals surface area contributed by atoms with Crippen LogP contribution in [-0.4, -0.2) is 39.5 Å². The third kappa shape index (κ3) is 4.55. The van der Waals surface area contributed by atoms with Gasteiger partial charge in [-0.05, 0) is 69.4 Å². The van der Waals surface area contributed by atoms with Crippen molar-refractivity contribution in [2.75, 3.05) is 16.6 Å². The van der Waals surface area contributed by atoms with Crippen LogP contribution in [0.4, 0.5) is 5.69 Å². The summed E-state index contributed by atoms with van der Waals surface area (Å²) in [6.45, 7) is 7.91. The van der Waals surface area contributed by atoms with E-state index in [0.717, 1.165) is 12.0 Å². The standard InChI is InChI=1S/C22H30N2O4S2/c1-17(2)24(16-20-10-6-5-7-11-20)30(27,28)22-18(3)14-21(15-19(22)4)23-12-8-9-13-29(23,25)26/h5-7,10-11,14-15,17H,8-9,12-13,16H2,1-4H3. The van der Waals surface area contributed by atoms with E-state index >= 15 is 0 Å². The van der Waals surface area contributed by atoms with Gasteiger partial charge < -0.3 is 0 Å². The van der Waals surface area contributed by atoms with Crippen molar-refractivity contribution in [1.82, 2.24) is 4.31 Å². The summed E-state index contributed by atoms with van der Waals surface area (Å²) >= 11 is 0. The number of hydrogen-bond acceptors (Lipinski definition) is 4. The Morgan fingerprint density at radius 2 is 1.63 bits per heavy atom. The number of nitrogens with zero attached hydrogens (tertiary/aromatic N) is 2. The zero-order chi connectivity index (χ0) is 22.1. The third-order valence-electron chi connectivity index (χ3n) is 5.41. The number of anilines is 1. The highest BCUT2D eigenvalue weighted by Gasteiger charge is 2.32. The molecule has 1 heterocycles. The average Bonchev–Trinajstić information content (AvgIpc) is 2.65. The molecule has 1 saturated heterocycles. The second kappa shape index (κ2) is 8.69. The smallest absolute Gasteiger partial charge is 0.244 e. The van der Waals surface area contributed by atoms with E-state index in [4.69, 9.17) is 0 Å². The molecule has 0 saturated carbocycles. The topological polar surface area (TPSA) is 74.8 Å².